The third kappa shape index (κ3) is 5.34. The normalized spacial score (nSPS) is 11.6. The van der Waals surface area contributed by atoms with Crippen LogP contribution in [0.25, 0.3) is 87.6 Å². The van der Waals surface area contributed by atoms with Gasteiger partial charge in [0.05, 0.1) is 5.69 Å². The summed E-state index contributed by atoms with van der Waals surface area (Å²) in [6.45, 7) is 0. The number of fused-ring (bicyclic) bond motifs is 7. The Balaban J connectivity index is 1.07. The van der Waals surface area contributed by atoms with Gasteiger partial charge in [0.15, 0.2) is 5.58 Å². The molecule has 56 heavy (non-hydrogen) atoms. The molecular formula is C54H35NO. The highest BCUT2D eigenvalue weighted by Crippen LogP contribution is 2.46. The monoisotopic (exact) mass is 713 g/mol. The van der Waals surface area contributed by atoms with Gasteiger partial charge in [-0.05, 0) is 108 Å². The minimum atomic E-state index is 0.872. The molecule has 0 aliphatic heterocycles. The van der Waals surface area contributed by atoms with Crippen LogP contribution in [0.2, 0.25) is 0 Å². The highest BCUT2D eigenvalue weighted by molar-refractivity contribution is 6.23. The van der Waals surface area contributed by atoms with Crippen LogP contribution in [0.1, 0.15) is 0 Å². The number of para-hydroxylation sites is 1. The molecule has 0 aliphatic rings. The molecule has 0 radical (unpaired) electrons. The van der Waals surface area contributed by atoms with E-state index in [-0.39, 0.29) is 0 Å². The average Bonchev–Trinajstić information content (AvgIpc) is 3.67. The van der Waals surface area contributed by atoms with Crippen molar-refractivity contribution in [2.45, 2.75) is 0 Å². The highest BCUT2D eigenvalue weighted by atomic mass is 16.3. The molecule has 0 saturated carbocycles. The maximum atomic E-state index is 6.78. The van der Waals surface area contributed by atoms with Crippen LogP contribution >= 0.6 is 0 Å². The molecule has 0 saturated heterocycles. The SMILES string of the molecule is c1ccc(-c2ccc(N(c3ccc(-c4ccc(-c5ccc6ccccc6c5)c5ccccc45)cc3)c3cc4ccccc4c4c3oc3ccccc34)cc2)cc1. The molecule has 11 aromatic rings. The van der Waals surface area contributed by atoms with Gasteiger partial charge in [-0.25, -0.2) is 0 Å². The standard InChI is InChI=1S/C54H35NO/c1-2-12-36(13-3-1)38-24-28-43(29-25-38)55(51-35-41-16-6-7-17-47(41)53-50-20-10-11-21-52(50)56-54(51)53)44-30-26-39(27-31-44)45-32-33-46(49-19-9-8-18-48(45)49)42-23-22-37-14-4-5-15-40(37)34-42/h1-35H. The lowest BCUT2D eigenvalue weighted by Gasteiger charge is -2.26. The van der Waals surface area contributed by atoms with E-state index in [4.69, 9.17) is 4.42 Å². The van der Waals surface area contributed by atoms with Crippen molar-refractivity contribution < 1.29 is 4.42 Å². The van der Waals surface area contributed by atoms with E-state index in [0.29, 0.717) is 0 Å². The second-order valence-electron chi connectivity index (χ2n) is 14.5. The molecular weight excluding hydrogens is 679 g/mol. The zero-order chi connectivity index (χ0) is 37.0. The van der Waals surface area contributed by atoms with Crippen LogP contribution in [0.3, 0.4) is 0 Å². The van der Waals surface area contributed by atoms with Gasteiger partial charge in [-0.2, -0.15) is 0 Å². The van der Waals surface area contributed by atoms with Gasteiger partial charge in [0, 0.05) is 22.1 Å². The van der Waals surface area contributed by atoms with E-state index in [9.17, 15) is 0 Å². The summed E-state index contributed by atoms with van der Waals surface area (Å²) in [5, 5.41) is 9.59. The fourth-order valence-electron chi connectivity index (χ4n) is 8.53. The van der Waals surface area contributed by atoms with Gasteiger partial charge in [-0.1, -0.05) is 170 Å². The highest BCUT2D eigenvalue weighted by Gasteiger charge is 2.22. The molecule has 0 bridgehead atoms. The molecule has 1 heterocycles. The molecule has 0 atom stereocenters. The second-order valence-corrected chi connectivity index (χ2v) is 14.5. The van der Waals surface area contributed by atoms with Crippen molar-refractivity contribution in [3.05, 3.63) is 212 Å². The number of anilines is 3. The minimum absolute atomic E-state index is 0.872. The molecule has 11 rings (SSSR count). The second kappa shape index (κ2) is 13.2. The van der Waals surface area contributed by atoms with Gasteiger partial charge >= 0.3 is 0 Å². The molecule has 1 aromatic heterocycles. The van der Waals surface area contributed by atoms with Crippen LogP contribution in [0.4, 0.5) is 17.1 Å². The van der Waals surface area contributed by atoms with Crippen LogP contribution in [0.5, 0.6) is 0 Å². The Kier molecular flexibility index (Phi) is 7.53. The number of hydrogen-bond acceptors (Lipinski definition) is 2. The van der Waals surface area contributed by atoms with Gasteiger partial charge in [-0.3, -0.25) is 0 Å². The van der Waals surface area contributed by atoms with Crippen LogP contribution in [-0.4, -0.2) is 0 Å². The first kappa shape index (κ1) is 32.0. The van der Waals surface area contributed by atoms with Crippen molar-refractivity contribution in [1.82, 2.24) is 0 Å². The lowest BCUT2D eigenvalue weighted by atomic mass is 9.91. The van der Waals surface area contributed by atoms with Gasteiger partial charge < -0.3 is 9.32 Å². The first-order valence-corrected chi connectivity index (χ1v) is 19.2. The third-order valence-corrected chi connectivity index (χ3v) is 11.2. The Morgan fingerprint density at radius 1 is 0.321 bits per heavy atom. The largest absolute Gasteiger partial charge is 0.454 e. The van der Waals surface area contributed by atoms with Crippen molar-refractivity contribution in [3.8, 4) is 33.4 Å². The molecule has 0 amide bonds. The summed E-state index contributed by atoms with van der Waals surface area (Å²) in [5.74, 6) is 0. The smallest absolute Gasteiger partial charge is 0.160 e. The van der Waals surface area contributed by atoms with E-state index >= 15 is 0 Å². The van der Waals surface area contributed by atoms with Gasteiger partial charge in [0.2, 0.25) is 0 Å². The Morgan fingerprint density at radius 3 is 1.55 bits per heavy atom. The predicted molar refractivity (Wildman–Crippen MR) is 237 cm³/mol. The Bertz CT molecular complexity index is 3230. The third-order valence-electron chi connectivity index (χ3n) is 11.2. The van der Waals surface area contributed by atoms with Crippen LogP contribution in [0, 0.1) is 0 Å². The molecule has 0 unspecified atom stereocenters. The molecule has 10 aromatic carbocycles. The molecule has 0 N–H and O–H groups in total. The zero-order valence-corrected chi connectivity index (χ0v) is 30.6. The average molecular weight is 714 g/mol. The molecule has 0 aliphatic carbocycles. The van der Waals surface area contributed by atoms with Crippen molar-refractivity contribution in [2.24, 2.45) is 0 Å². The van der Waals surface area contributed by atoms with Crippen LogP contribution in [0.15, 0.2) is 217 Å². The minimum Gasteiger partial charge on any atom is -0.454 e. The lowest BCUT2D eigenvalue weighted by molar-refractivity contribution is 0.669. The van der Waals surface area contributed by atoms with Gasteiger partial charge in [0.25, 0.3) is 0 Å². The Hall–Kier alpha value is -7.42. The van der Waals surface area contributed by atoms with Crippen molar-refractivity contribution >= 4 is 71.3 Å². The van der Waals surface area contributed by atoms with Crippen LogP contribution < -0.4 is 4.90 Å². The summed E-state index contributed by atoms with van der Waals surface area (Å²) in [7, 11) is 0. The number of hydrogen-bond donors (Lipinski definition) is 0. The first-order valence-electron chi connectivity index (χ1n) is 19.2. The van der Waals surface area contributed by atoms with Crippen LogP contribution in [-0.2, 0) is 0 Å². The topological polar surface area (TPSA) is 16.4 Å². The van der Waals surface area contributed by atoms with E-state index in [1.807, 2.05) is 6.07 Å². The summed E-state index contributed by atoms with van der Waals surface area (Å²) >= 11 is 0. The summed E-state index contributed by atoms with van der Waals surface area (Å²) in [6.07, 6.45) is 0. The van der Waals surface area contributed by atoms with Crippen molar-refractivity contribution in [1.29, 1.82) is 0 Å². The van der Waals surface area contributed by atoms with E-state index in [1.54, 1.807) is 0 Å². The number of rotatable bonds is 6. The fourth-order valence-corrected chi connectivity index (χ4v) is 8.53. The Morgan fingerprint density at radius 2 is 0.839 bits per heavy atom. The number of benzene rings is 10. The van der Waals surface area contributed by atoms with E-state index in [0.717, 1.165) is 39.0 Å². The summed E-state index contributed by atoms with van der Waals surface area (Å²) in [6, 6.07) is 76.4. The molecule has 0 spiro atoms. The van der Waals surface area contributed by atoms with Gasteiger partial charge in [0.1, 0.15) is 5.58 Å². The lowest BCUT2D eigenvalue weighted by Crippen LogP contribution is -2.10. The first-order chi connectivity index (χ1) is 27.8. The number of nitrogens with zero attached hydrogens (tertiary/aromatic N) is 1. The van der Waals surface area contributed by atoms with Crippen molar-refractivity contribution in [2.75, 3.05) is 4.90 Å². The molecule has 2 heteroatoms. The maximum absolute atomic E-state index is 6.78. The number of furan rings is 1. The van der Waals surface area contributed by atoms with E-state index in [1.165, 1.54) is 65.7 Å². The predicted octanol–water partition coefficient (Wildman–Crippen LogP) is 15.5. The molecule has 262 valence electrons. The zero-order valence-electron chi connectivity index (χ0n) is 30.6. The molecule has 2 nitrogen and oxygen atoms in total. The fraction of sp³-hybridized carbons (Fsp3) is 0. The van der Waals surface area contributed by atoms with E-state index < -0.39 is 0 Å². The van der Waals surface area contributed by atoms with Crippen molar-refractivity contribution in [3.63, 3.8) is 0 Å². The molecule has 0 fully saturated rings. The summed E-state index contributed by atoms with van der Waals surface area (Å²) < 4.78 is 6.78. The quantitative estimate of drug-likeness (QED) is 0.171. The maximum Gasteiger partial charge on any atom is 0.160 e. The van der Waals surface area contributed by atoms with E-state index in [2.05, 4.69) is 211 Å². The summed E-state index contributed by atoms with van der Waals surface area (Å²) in [5.41, 5.74) is 12.1. The Labute approximate surface area is 325 Å². The summed E-state index contributed by atoms with van der Waals surface area (Å²) in [4.78, 5) is 2.34. The van der Waals surface area contributed by atoms with Gasteiger partial charge in [-0.15, -0.1) is 0 Å².